The first-order valence-electron chi connectivity index (χ1n) is 3.68. The normalized spacial score (nSPS) is 12.5. The van der Waals surface area contributed by atoms with E-state index in [0.717, 1.165) is 4.73 Å². The van der Waals surface area contributed by atoms with Gasteiger partial charge in [0.1, 0.15) is 5.82 Å². The Morgan fingerprint density at radius 1 is 1.69 bits per heavy atom. The van der Waals surface area contributed by atoms with Crippen LogP contribution in [-0.2, 0) is 4.74 Å². The Hall–Kier alpha value is -1.56. The van der Waals surface area contributed by atoms with Gasteiger partial charge >= 0.3 is 5.69 Å². The van der Waals surface area contributed by atoms with Gasteiger partial charge in [-0.1, -0.05) is 0 Å². The van der Waals surface area contributed by atoms with Crippen LogP contribution in [0.3, 0.4) is 0 Å². The monoisotopic (exact) mass is 185 g/mol. The largest absolute Gasteiger partial charge is 0.383 e. The lowest BCUT2D eigenvalue weighted by Gasteiger charge is -2.12. The third kappa shape index (κ3) is 2.45. The van der Waals surface area contributed by atoms with Crippen LogP contribution in [0.25, 0.3) is 0 Å². The predicted molar refractivity (Wildman–Crippen MR) is 46.0 cm³/mol. The summed E-state index contributed by atoms with van der Waals surface area (Å²) in [6.07, 6.45) is 0.878. The van der Waals surface area contributed by atoms with Crippen molar-refractivity contribution in [3.8, 4) is 0 Å². The molecule has 0 amide bonds. The number of hydrogen-bond donors (Lipinski definition) is 1. The van der Waals surface area contributed by atoms with Gasteiger partial charge in [-0.2, -0.15) is 4.98 Å². The van der Waals surface area contributed by atoms with E-state index in [1.54, 1.807) is 6.92 Å². The Balaban J connectivity index is 2.84. The van der Waals surface area contributed by atoms with Crippen LogP contribution in [0.15, 0.2) is 17.1 Å². The zero-order chi connectivity index (χ0) is 9.84. The average Bonchev–Trinajstić information content (AvgIpc) is 2.09. The first kappa shape index (κ1) is 9.53. The third-order valence-electron chi connectivity index (χ3n) is 1.39. The van der Waals surface area contributed by atoms with Crippen molar-refractivity contribution in [2.45, 2.75) is 13.2 Å². The van der Waals surface area contributed by atoms with Crippen LogP contribution < -0.4 is 16.3 Å². The molecule has 0 aliphatic carbocycles. The topological polar surface area (TPSA) is 79.4 Å². The molecule has 0 saturated heterocycles. The molecule has 0 radical (unpaired) electrons. The average molecular weight is 185 g/mol. The summed E-state index contributed by atoms with van der Waals surface area (Å²) in [7, 11) is 1.47. The van der Waals surface area contributed by atoms with E-state index in [2.05, 4.69) is 4.98 Å². The summed E-state index contributed by atoms with van der Waals surface area (Å²) in [6, 6.07) is 1.46. The first-order chi connectivity index (χ1) is 6.13. The Bertz CT molecular complexity index is 336. The van der Waals surface area contributed by atoms with Crippen LogP contribution in [0.1, 0.15) is 6.92 Å². The second-order valence-electron chi connectivity index (χ2n) is 2.37. The molecule has 0 aromatic carbocycles. The van der Waals surface area contributed by atoms with Crippen molar-refractivity contribution in [3.63, 3.8) is 0 Å². The van der Waals surface area contributed by atoms with E-state index in [1.165, 1.54) is 19.4 Å². The van der Waals surface area contributed by atoms with Gasteiger partial charge < -0.3 is 15.3 Å². The number of nitrogens with two attached hydrogens (primary N) is 1. The van der Waals surface area contributed by atoms with Crippen LogP contribution in [-0.4, -0.2) is 23.1 Å². The molecule has 0 aliphatic heterocycles. The fraction of sp³-hybridized carbons (Fsp3) is 0.429. The van der Waals surface area contributed by atoms with Gasteiger partial charge in [-0.05, 0) is 0 Å². The standard InChI is InChI=1S/C7H11N3O3/c1-5(12-2)13-10-4-3-6(8)9-7(10)11/h3-5H,1-2H3,(H2,8,9,11). The maximum atomic E-state index is 11.1. The Kier molecular flexibility index (Phi) is 2.86. The number of nitrogen functional groups attached to an aromatic ring is 1. The van der Waals surface area contributed by atoms with Gasteiger partial charge in [0.05, 0.1) is 6.20 Å². The molecule has 0 bridgehead atoms. The quantitative estimate of drug-likeness (QED) is 0.626. The minimum absolute atomic E-state index is 0.162. The highest BCUT2D eigenvalue weighted by atomic mass is 16.8. The van der Waals surface area contributed by atoms with E-state index in [-0.39, 0.29) is 5.82 Å². The van der Waals surface area contributed by atoms with E-state index in [4.69, 9.17) is 15.3 Å². The number of methoxy groups -OCH3 is 1. The number of aromatic nitrogens is 2. The van der Waals surface area contributed by atoms with Crippen LogP contribution in [0.5, 0.6) is 0 Å². The van der Waals surface area contributed by atoms with Crippen LogP contribution in [0.4, 0.5) is 5.82 Å². The van der Waals surface area contributed by atoms with E-state index in [1.807, 2.05) is 0 Å². The SMILES string of the molecule is COC(C)On1ccc(N)nc1=O. The number of nitrogens with zero attached hydrogens (tertiary/aromatic N) is 2. The van der Waals surface area contributed by atoms with Gasteiger partial charge in [0.25, 0.3) is 0 Å². The maximum Gasteiger partial charge on any atom is 0.382 e. The van der Waals surface area contributed by atoms with Gasteiger partial charge in [0.2, 0.25) is 6.29 Å². The molecule has 1 aromatic rings. The summed E-state index contributed by atoms with van der Waals surface area (Å²) < 4.78 is 5.76. The zero-order valence-corrected chi connectivity index (χ0v) is 7.43. The van der Waals surface area contributed by atoms with Gasteiger partial charge in [0.15, 0.2) is 0 Å². The number of hydrogen-bond acceptors (Lipinski definition) is 5. The van der Waals surface area contributed by atoms with E-state index in [9.17, 15) is 4.79 Å². The molecule has 0 saturated carbocycles. The lowest BCUT2D eigenvalue weighted by molar-refractivity contribution is -0.118. The third-order valence-corrected chi connectivity index (χ3v) is 1.39. The van der Waals surface area contributed by atoms with Gasteiger partial charge in [-0.15, -0.1) is 4.73 Å². The highest BCUT2D eigenvalue weighted by Gasteiger charge is 2.03. The van der Waals surface area contributed by atoms with Crippen molar-refractivity contribution in [1.29, 1.82) is 0 Å². The molecule has 1 aromatic heterocycles. The molecule has 2 N–H and O–H groups in total. The molecule has 6 nitrogen and oxygen atoms in total. The summed E-state index contributed by atoms with van der Waals surface area (Å²) in [6.45, 7) is 1.66. The van der Waals surface area contributed by atoms with Crippen LogP contribution in [0, 0.1) is 0 Å². The van der Waals surface area contributed by atoms with E-state index >= 15 is 0 Å². The fourth-order valence-corrected chi connectivity index (χ4v) is 0.688. The highest BCUT2D eigenvalue weighted by Crippen LogP contribution is 1.90. The lowest BCUT2D eigenvalue weighted by atomic mass is 10.6. The minimum Gasteiger partial charge on any atom is -0.383 e. The summed E-state index contributed by atoms with van der Waals surface area (Å²) >= 11 is 0. The van der Waals surface area contributed by atoms with Crippen molar-refractivity contribution < 1.29 is 9.57 Å². The van der Waals surface area contributed by atoms with Crippen molar-refractivity contribution in [1.82, 2.24) is 9.71 Å². The highest BCUT2D eigenvalue weighted by molar-refractivity contribution is 5.23. The molecule has 1 rings (SSSR count). The van der Waals surface area contributed by atoms with Gasteiger partial charge in [0, 0.05) is 20.1 Å². The molecule has 1 heterocycles. The van der Waals surface area contributed by atoms with Crippen molar-refractivity contribution in [3.05, 3.63) is 22.7 Å². The predicted octanol–water partition coefficient (Wildman–Crippen LogP) is -0.753. The smallest absolute Gasteiger partial charge is 0.382 e. The molecule has 0 spiro atoms. The Morgan fingerprint density at radius 3 is 2.92 bits per heavy atom. The summed E-state index contributed by atoms with van der Waals surface area (Å²) in [5.41, 5.74) is 4.71. The molecule has 1 unspecified atom stereocenters. The number of rotatable bonds is 3. The molecule has 1 atom stereocenters. The molecular formula is C7H11N3O3. The summed E-state index contributed by atoms with van der Waals surface area (Å²) in [4.78, 5) is 19.6. The molecule has 6 heteroatoms. The van der Waals surface area contributed by atoms with Crippen LogP contribution in [0.2, 0.25) is 0 Å². The van der Waals surface area contributed by atoms with E-state index in [0.29, 0.717) is 0 Å². The Labute approximate surface area is 74.9 Å². The number of anilines is 1. The summed E-state index contributed by atoms with van der Waals surface area (Å²) in [5.74, 6) is 0.162. The minimum atomic E-state index is -0.566. The van der Waals surface area contributed by atoms with Gasteiger partial charge in [-0.3, -0.25) is 0 Å². The molecule has 13 heavy (non-hydrogen) atoms. The van der Waals surface area contributed by atoms with Crippen molar-refractivity contribution in [2.75, 3.05) is 12.8 Å². The molecule has 0 aliphatic rings. The zero-order valence-electron chi connectivity index (χ0n) is 7.43. The molecule has 72 valence electrons. The fourth-order valence-electron chi connectivity index (χ4n) is 0.688. The maximum absolute atomic E-state index is 11.1. The second-order valence-corrected chi connectivity index (χ2v) is 2.37. The van der Waals surface area contributed by atoms with Crippen LogP contribution >= 0.6 is 0 Å². The Morgan fingerprint density at radius 2 is 2.38 bits per heavy atom. The molecule has 0 fully saturated rings. The number of ether oxygens (including phenoxy) is 1. The van der Waals surface area contributed by atoms with Crippen molar-refractivity contribution >= 4 is 5.82 Å². The first-order valence-corrected chi connectivity index (χ1v) is 3.68. The second kappa shape index (κ2) is 3.90. The summed E-state index contributed by atoms with van der Waals surface area (Å²) in [5, 5.41) is 0. The lowest BCUT2D eigenvalue weighted by Crippen LogP contribution is -2.34. The van der Waals surface area contributed by atoms with Crippen molar-refractivity contribution in [2.24, 2.45) is 0 Å². The van der Waals surface area contributed by atoms with E-state index < -0.39 is 12.0 Å². The molecular weight excluding hydrogens is 174 g/mol. The van der Waals surface area contributed by atoms with Gasteiger partial charge in [-0.25, -0.2) is 4.79 Å².